The van der Waals surface area contributed by atoms with Crippen molar-refractivity contribution in [1.29, 1.82) is 0 Å². The molecule has 6 atom stereocenters. The standard InChI is InChI=1S/C76H148O17P2/c1-8-10-11-12-13-14-15-16-17-18-19-20-21-24-31-36-45-52-59-75(80)92-71(63-86-73(78)57-50-43-35-30-25-22-23-28-33-40-47-54-67(3)4)65-90-94(82,83)88-61-70(77)62-89-95(84,85)91-66-72(64-87-74(79)58-51-44-39-38-41-48-55-68(5)6)93-76(81)60-53-46-37-32-27-26-29-34-42-49-56-69(7)9-2/h67-72,77H,8-66H2,1-7H3,(H,82,83)(H,84,85)/t69?,70-,71-,72-/m1/s1. The predicted molar refractivity (Wildman–Crippen MR) is 386 cm³/mol. The first-order valence-electron chi connectivity index (χ1n) is 39.4. The minimum absolute atomic E-state index is 0.105. The van der Waals surface area contributed by atoms with Crippen molar-refractivity contribution in [3.8, 4) is 0 Å². The van der Waals surface area contributed by atoms with E-state index in [4.69, 9.17) is 37.0 Å². The van der Waals surface area contributed by atoms with Gasteiger partial charge in [0, 0.05) is 25.7 Å². The fraction of sp³-hybridized carbons (Fsp3) is 0.947. The van der Waals surface area contributed by atoms with Crippen LogP contribution in [-0.2, 0) is 65.4 Å². The molecule has 0 aromatic carbocycles. The van der Waals surface area contributed by atoms with Crippen LogP contribution >= 0.6 is 15.6 Å². The summed E-state index contributed by atoms with van der Waals surface area (Å²) in [4.78, 5) is 72.8. The van der Waals surface area contributed by atoms with Crippen molar-refractivity contribution in [2.24, 2.45) is 17.8 Å². The van der Waals surface area contributed by atoms with Crippen LogP contribution in [0.15, 0.2) is 0 Å². The van der Waals surface area contributed by atoms with Gasteiger partial charge in [-0.15, -0.1) is 0 Å². The van der Waals surface area contributed by atoms with E-state index in [-0.39, 0.29) is 25.7 Å². The number of carbonyl (C=O) groups excluding carboxylic acids is 4. The van der Waals surface area contributed by atoms with E-state index in [0.717, 1.165) is 108 Å². The smallest absolute Gasteiger partial charge is 0.462 e. The number of ether oxygens (including phenoxy) is 4. The lowest BCUT2D eigenvalue weighted by molar-refractivity contribution is -0.161. The van der Waals surface area contributed by atoms with Gasteiger partial charge in [-0.1, -0.05) is 337 Å². The fourth-order valence-corrected chi connectivity index (χ4v) is 13.1. The van der Waals surface area contributed by atoms with Gasteiger partial charge in [0.05, 0.1) is 26.4 Å². The van der Waals surface area contributed by atoms with Gasteiger partial charge in [-0.3, -0.25) is 37.3 Å². The van der Waals surface area contributed by atoms with Crippen molar-refractivity contribution in [3.63, 3.8) is 0 Å². The zero-order valence-corrected chi connectivity index (χ0v) is 63.9. The summed E-state index contributed by atoms with van der Waals surface area (Å²) < 4.78 is 68.5. The second kappa shape index (κ2) is 66.6. The molecule has 95 heavy (non-hydrogen) atoms. The largest absolute Gasteiger partial charge is 0.472 e. The molecule has 0 saturated carbocycles. The summed E-state index contributed by atoms with van der Waals surface area (Å²) in [6, 6.07) is 0. The van der Waals surface area contributed by atoms with Crippen LogP contribution in [-0.4, -0.2) is 96.7 Å². The molecule has 0 rings (SSSR count). The minimum atomic E-state index is -4.96. The first-order valence-corrected chi connectivity index (χ1v) is 42.4. The monoisotopic (exact) mass is 1400 g/mol. The Hall–Kier alpha value is -1.94. The van der Waals surface area contributed by atoms with E-state index in [2.05, 4.69) is 48.5 Å². The Bertz CT molecular complexity index is 1850. The first kappa shape index (κ1) is 93.1. The molecule has 0 aromatic rings. The maximum absolute atomic E-state index is 13.1. The van der Waals surface area contributed by atoms with Gasteiger partial charge in [-0.25, -0.2) is 9.13 Å². The lowest BCUT2D eigenvalue weighted by Crippen LogP contribution is -2.30. The topological polar surface area (TPSA) is 237 Å². The molecule has 17 nitrogen and oxygen atoms in total. The molecular weight excluding hydrogens is 1250 g/mol. The molecule has 19 heteroatoms. The second-order valence-corrected chi connectivity index (χ2v) is 31.5. The van der Waals surface area contributed by atoms with Gasteiger partial charge in [-0.2, -0.15) is 0 Å². The fourth-order valence-electron chi connectivity index (χ4n) is 11.6. The number of phosphoric acid groups is 2. The highest BCUT2D eigenvalue weighted by atomic mass is 31.2. The number of aliphatic hydroxyl groups is 1. The van der Waals surface area contributed by atoms with Crippen LogP contribution in [0.25, 0.3) is 0 Å². The number of carbonyl (C=O) groups is 4. The Morgan fingerprint density at radius 1 is 0.305 bits per heavy atom. The lowest BCUT2D eigenvalue weighted by Gasteiger charge is -2.21. The van der Waals surface area contributed by atoms with Crippen molar-refractivity contribution in [2.75, 3.05) is 39.6 Å². The predicted octanol–water partition coefficient (Wildman–Crippen LogP) is 22.2. The van der Waals surface area contributed by atoms with Crippen LogP contribution in [0.2, 0.25) is 0 Å². The van der Waals surface area contributed by atoms with Crippen LogP contribution in [0.5, 0.6) is 0 Å². The number of esters is 4. The highest BCUT2D eigenvalue weighted by Gasteiger charge is 2.30. The Morgan fingerprint density at radius 2 is 0.537 bits per heavy atom. The molecule has 0 fully saturated rings. The number of hydrogen-bond donors (Lipinski definition) is 3. The third-order valence-corrected chi connectivity index (χ3v) is 19.9. The molecule has 0 bridgehead atoms. The maximum Gasteiger partial charge on any atom is 0.472 e. The Kier molecular flexibility index (Phi) is 65.2. The SMILES string of the molecule is CCCCCCCCCCCCCCCCCCCCC(=O)O[C@H](COC(=O)CCCCCCCCCCCCCC(C)C)COP(=O)(O)OC[C@@H](O)COP(=O)(O)OC[C@@H](COC(=O)CCCCCCCCC(C)C)OC(=O)CCCCCCCCCCCCC(C)CC. The molecule has 0 spiro atoms. The molecule has 0 aromatic heterocycles. The van der Waals surface area contributed by atoms with Gasteiger partial charge in [0.25, 0.3) is 0 Å². The summed E-state index contributed by atoms with van der Waals surface area (Å²) in [5.41, 5.74) is 0. The third-order valence-electron chi connectivity index (χ3n) is 18.0. The molecule has 3 unspecified atom stereocenters. The average Bonchev–Trinajstić information content (AvgIpc) is 1.71. The quantitative estimate of drug-likeness (QED) is 0.0222. The van der Waals surface area contributed by atoms with E-state index in [1.807, 2.05) is 0 Å². The Balaban J connectivity index is 5.24. The number of rotatable bonds is 74. The van der Waals surface area contributed by atoms with E-state index in [1.54, 1.807) is 0 Å². The molecule has 3 N–H and O–H groups in total. The third kappa shape index (κ3) is 69.0. The van der Waals surface area contributed by atoms with Crippen molar-refractivity contribution >= 4 is 39.5 Å². The van der Waals surface area contributed by atoms with E-state index in [1.165, 1.54) is 193 Å². The van der Waals surface area contributed by atoms with Crippen molar-refractivity contribution < 1.29 is 80.2 Å². The molecule has 0 heterocycles. The molecule has 0 aliphatic carbocycles. The normalized spacial score (nSPS) is 14.4. The van der Waals surface area contributed by atoms with Crippen LogP contribution in [0, 0.1) is 17.8 Å². The van der Waals surface area contributed by atoms with Crippen LogP contribution in [0.3, 0.4) is 0 Å². The second-order valence-electron chi connectivity index (χ2n) is 28.6. The van der Waals surface area contributed by atoms with Gasteiger partial charge in [-0.05, 0) is 43.4 Å². The lowest BCUT2D eigenvalue weighted by atomic mass is 9.99. The maximum atomic E-state index is 13.1. The van der Waals surface area contributed by atoms with Crippen LogP contribution in [0.1, 0.15) is 389 Å². The van der Waals surface area contributed by atoms with Gasteiger partial charge in [0.1, 0.15) is 19.3 Å². The summed E-state index contributed by atoms with van der Waals surface area (Å²) in [7, 11) is -9.91. The van der Waals surface area contributed by atoms with Crippen molar-refractivity contribution in [2.45, 2.75) is 407 Å². The Labute approximate surface area is 581 Å². The van der Waals surface area contributed by atoms with Gasteiger partial charge >= 0.3 is 39.5 Å². The highest BCUT2D eigenvalue weighted by molar-refractivity contribution is 7.47. The molecule has 564 valence electrons. The van der Waals surface area contributed by atoms with E-state index < -0.39 is 97.5 Å². The van der Waals surface area contributed by atoms with Crippen molar-refractivity contribution in [3.05, 3.63) is 0 Å². The summed E-state index contributed by atoms with van der Waals surface area (Å²) in [6.07, 6.45) is 52.8. The zero-order valence-electron chi connectivity index (χ0n) is 62.1. The summed E-state index contributed by atoms with van der Waals surface area (Å²) in [5.74, 6) is 0.134. The van der Waals surface area contributed by atoms with Gasteiger partial charge in [0.15, 0.2) is 12.2 Å². The minimum Gasteiger partial charge on any atom is -0.462 e. The molecule has 0 radical (unpaired) electrons. The number of phosphoric ester groups is 2. The van der Waals surface area contributed by atoms with Crippen LogP contribution in [0.4, 0.5) is 0 Å². The van der Waals surface area contributed by atoms with E-state index in [9.17, 15) is 43.2 Å². The molecule has 0 aliphatic heterocycles. The molecule has 0 amide bonds. The van der Waals surface area contributed by atoms with E-state index >= 15 is 0 Å². The van der Waals surface area contributed by atoms with Crippen molar-refractivity contribution in [1.82, 2.24) is 0 Å². The summed E-state index contributed by atoms with van der Waals surface area (Å²) in [5, 5.41) is 10.6. The zero-order chi connectivity index (χ0) is 70.1. The molecule has 0 aliphatic rings. The summed E-state index contributed by atoms with van der Waals surface area (Å²) in [6.45, 7) is 11.8. The highest BCUT2D eigenvalue weighted by Crippen LogP contribution is 2.45. The van der Waals surface area contributed by atoms with Gasteiger partial charge < -0.3 is 33.8 Å². The average molecular weight is 1400 g/mol. The number of aliphatic hydroxyl groups excluding tert-OH is 1. The Morgan fingerprint density at radius 3 is 0.800 bits per heavy atom. The number of hydrogen-bond acceptors (Lipinski definition) is 15. The number of unbranched alkanes of at least 4 members (excludes halogenated alkanes) is 41. The molecular formula is C76H148O17P2. The van der Waals surface area contributed by atoms with Gasteiger partial charge in [0.2, 0.25) is 0 Å². The summed E-state index contributed by atoms with van der Waals surface area (Å²) >= 11 is 0. The molecule has 0 saturated heterocycles. The van der Waals surface area contributed by atoms with E-state index in [0.29, 0.717) is 31.6 Å². The van der Waals surface area contributed by atoms with Crippen LogP contribution < -0.4 is 0 Å². The first-order chi connectivity index (χ1) is 45.8.